The summed E-state index contributed by atoms with van der Waals surface area (Å²) in [7, 11) is 0. The van der Waals surface area contributed by atoms with Crippen molar-refractivity contribution in [1.29, 1.82) is 0 Å². The van der Waals surface area contributed by atoms with E-state index in [9.17, 15) is 19.2 Å². The summed E-state index contributed by atoms with van der Waals surface area (Å²) in [5, 5.41) is 11.4. The Bertz CT molecular complexity index is 1350. The molecule has 2 aliphatic rings. The SMILES string of the molecule is CC(C)c1cc(N=Nc2cccc3c2CN(C2CCC(=O)NC2=O)C3=O)cc(C(C)C)c1OCC(=O)CCCCCN. The summed E-state index contributed by atoms with van der Waals surface area (Å²) >= 11 is 0. The number of imide groups is 1. The van der Waals surface area contributed by atoms with Crippen LogP contribution in [0.4, 0.5) is 11.4 Å². The molecule has 1 saturated heterocycles. The molecule has 42 heavy (non-hydrogen) atoms. The number of nitrogens with two attached hydrogens (primary N) is 1. The van der Waals surface area contributed by atoms with Crippen molar-refractivity contribution in [3.8, 4) is 5.75 Å². The smallest absolute Gasteiger partial charge is 0.255 e. The first kappa shape index (κ1) is 31.0. The van der Waals surface area contributed by atoms with Crippen molar-refractivity contribution in [2.75, 3.05) is 13.2 Å². The van der Waals surface area contributed by atoms with Gasteiger partial charge in [-0.2, -0.15) is 10.2 Å². The molecular formula is C32H41N5O5. The van der Waals surface area contributed by atoms with Gasteiger partial charge in [-0.25, -0.2) is 0 Å². The Hall–Kier alpha value is -3.92. The van der Waals surface area contributed by atoms with Crippen LogP contribution < -0.4 is 15.8 Å². The van der Waals surface area contributed by atoms with Gasteiger partial charge in [0, 0.05) is 30.5 Å². The van der Waals surface area contributed by atoms with Gasteiger partial charge in [0.25, 0.3) is 5.91 Å². The van der Waals surface area contributed by atoms with Crippen LogP contribution in [0.15, 0.2) is 40.6 Å². The number of rotatable bonds is 13. The minimum absolute atomic E-state index is 0.0246. The lowest BCUT2D eigenvalue weighted by atomic mass is 9.93. The number of ketones is 1. The molecule has 10 heteroatoms. The summed E-state index contributed by atoms with van der Waals surface area (Å²) in [5.41, 5.74) is 9.82. The number of unbranched alkanes of at least 4 members (excludes halogenated alkanes) is 2. The molecule has 2 aromatic carbocycles. The van der Waals surface area contributed by atoms with E-state index in [1.54, 1.807) is 18.2 Å². The highest BCUT2D eigenvalue weighted by Crippen LogP contribution is 2.40. The normalized spacial score (nSPS) is 17.0. The Morgan fingerprint density at radius 3 is 2.40 bits per heavy atom. The molecule has 0 radical (unpaired) electrons. The lowest BCUT2D eigenvalue weighted by molar-refractivity contribution is -0.137. The summed E-state index contributed by atoms with van der Waals surface area (Å²) in [6, 6.07) is 8.45. The van der Waals surface area contributed by atoms with E-state index in [0.717, 1.165) is 36.1 Å². The molecule has 3 amide bonds. The number of fused-ring (bicyclic) bond motifs is 1. The quantitative estimate of drug-likeness (QED) is 0.181. The largest absolute Gasteiger partial charge is 0.485 e. The van der Waals surface area contributed by atoms with Crippen molar-refractivity contribution < 1.29 is 23.9 Å². The summed E-state index contributed by atoms with van der Waals surface area (Å²) < 4.78 is 6.14. The van der Waals surface area contributed by atoms with E-state index in [1.807, 2.05) is 12.1 Å². The predicted octanol–water partition coefficient (Wildman–Crippen LogP) is 5.58. The van der Waals surface area contributed by atoms with Crippen molar-refractivity contribution in [2.24, 2.45) is 16.0 Å². The molecule has 0 aliphatic carbocycles. The molecule has 0 spiro atoms. The molecule has 10 nitrogen and oxygen atoms in total. The van der Waals surface area contributed by atoms with E-state index >= 15 is 0 Å². The zero-order chi connectivity index (χ0) is 30.4. The first-order valence-electron chi connectivity index (χ1n) is 14.8. The number of hydrogen-bond donors (Lipinski definition) is 2. The second-order valence-corrected chi connectivity index (χ2v) is 11.6. The second-order valence-electron chi connectivity index (χ2n) is 11.6. The van der Waals surface area contributed by atoms with E-state index < -0.39 is 11.9 Å². The van der Waals surface area contributed by atoms with Gasteiger partial charge in [-0.3, -0.25) is 24.5 Å². The van der Waals surface area contributed by atoms with E-state index in [2.05, 4.69) is 43.2 Å². The Balaban J connectivity index is 1.56. The van der Waals surface area contributed by atoms with E-state index in [-0.39, 0.29) is 49.0 Å². The van der Waals surface area contributed by atoms with Crippen LogP contribution in [0, 0.1) is 0 Å². The fourth-order valence-electron chi connectivity index (χ4n) is 5.38. The molecule has 224 valence electrons. The maximum Gasteiger partial charge on any atom is 0.255 e. The van der Waals surface area contributed by atoms with Gasteiger partial charge in [0.2, 0.25) is 11.8 Å². The topological polar surface area (TPSA) is 144 Å². The number of nitrogens with zero attached hydrogens (tertiary/aromatic N) is 3. The molecule has 1 unspecified atom stereocenters. The van der Waals surface area contributed by atoms with E-state index in [1.165, 1.54) is 4.90 Å². The van der Waals surface area contributed by atoms with Crippen molar-refractivity contribution in [3.63, 3.8) is 0 Å². The van der Waals surface area contributed by atoms with Crippen LogP contribution in [-0.2, 0) is 20.9 Å². The Morgan fingerprint density at radius 1 is 1.05 bits per heavy atom. The third kappa shape index (κ3) is 7.10. The molecule has 2 aliphatic heterocycles. The van der Waals surface area contributed by atoms with Crippen LogP contribution in [0.2, 0.25) is 0 Å². The number of azo groups is 1. The van der Waals surface area contributed by atoms with Crippen molar-refractivity contribution in [3.05, 3.63) is 52.6 Å². The zero-order valence-electron chi connectivity index (χ0n) is 24.9. The second kappa shape index (κ2) is 13.8. The van der Waals surface area contributed by atoms with Crippen LogP contribution in [0.3, 0.4) is 0 Å². The molecule has 0 bridgehead atoms. The molecule has 2 heterocycles. The monoisotopic (exact) mass is 575 g/mol. The maximum atomic E-state index is 13.2. The number of carbonyl (C=O) groups is 4. The van der Waals surface area contributed by atoms with Gasteiger partial charge in [-0.15, -0.1) is 0 Å². The van der Waals surface area contributed by atoms with E-state index in [0.29, 0.717) is 41.9 Å². The fraction of sp³-hybridized carbons (Fsp3) is 0.500. The summed E-state index contributed by atoms with van der Waals surface area (Å²) in [6.45, 7) is 9.16. The number of amides is 3. The van der Waals surface area contributed by atoms with Gasteiger partial charge >= 0.3 is 0 Å². The van der Waals surface area contributed by atoms with Gasteiger partial charge in [-0.1, -0.05) is 40.2 Å². The highest BCUT2D eigenvalue weighted by Gasteiger charge is 2.39. The average molecular weight is 576 g/mol. The lowest BCUT2D eigenvalue weighted by Gasteiger charge is -2.29. The van der Waals surface area contributed by atoms with Gasteiger partial charge in [-0.05, 0) is 73.0 Å². The van der Waals surface area contributed by atoms with Crippen LogP contribution in [0.5, 0.6) is 5.75 Å². The minimum Gasteiger partial charge on any atom is -0.485 e. The highest BCUT2D eigenvalue weighted by atomic mass is 16.5. The Kier molecular flexibility index (Phi) is 10.2. The van der Waals surface area contributed by atoms with Crippen LogP contribution in [0.25, 0.3) is 0 Å². The Morgan fingerprint density at radius 2 is 1.76 bits per heavy atom. The van der Waals surface area contributed by atoms with Crippen LogP contribution in [0.1, 0.15) is 105 Å². The third-order valence-corrected chi connectivity index (χ3v) is 7.74. The average Bonchev–Trinajstić information content (AvgIpc) is 3.29. The molecule has 0 saturated carbocycles. The van der Waals surface area contributed by atoms with Crippen molar-refractivity contribution >= 4 is 34.9 Å². The number of benzene rings is 2. The summed E-state index contributed by atoms with van der Waals surface area (Å²) in [4.78, 5) is 51.2. The first-order valence-corrected chi connectivity index (χ1v) is 14.8. The molecule has 0 aromatic heterocycles. The molecule has 2 aromatic rings. The standard InChI is InChI=1S/C32H41N5O5/c1-19(2)24-15-21(16-25(20(3)4)30(24)42-18-22(38)9-6-5-7-14-33)35-36-27-11-8-10-23-26(27)17-37(32(23)41)28-12-13-29(39)34-31(28)40/h8,10-11,15-16,19-20,28H,5-7,9,12-14,17-18,33H2,1-4H3,(H,34,39,40). The van der Waals surface area contributed by atoms with Gasteiger partial charge < -0.3 is 15.4 Å². The summed E-state index contributed by atoms with van der Waals surface area (Å²) in [5.74, 6) is 0.00267. The van der Waals surface area contributed by atoms with E-state index in [4.69, 9.17) is 10.5 Å². The van der Waals surface area contributed by atoms with Gasteiger partial charge in [0.05, 0.1) is 11.4 Å². The molecule has 4 rings (SSSR count). The maximum absolute atomic E-state index is 13.2. The number of carbonyl (C=O) groups excluding carboxylic acids is 4. The van der Waals surface area contributed by atoms with Gasteiger partial charge in [0.1, 0.15) is 18.4 Å². The molecule has 3 N–H and O–H groups in total. The first-order chi connectivity index (χ1) is 20.1. The van der Waals surface area contributed by atoms with Crippen molar-refractivity contribution in [2.45, 2.75) is 90.6 Å². The lowest BCUT2D eigenvalue weighted by Crippen LogP contribution is -2.52. The number of Topliss-reactive ketones (excluding diaryl/α,β-unsaturated/α-hetero) is 1. The number of nitrogens with one attached hydrogen (secondary N) is 1. The number of ether oxygens (including phenoxy) is 1. The number of piperidine rings is 1. The highest BCUT2D eigenvalue weighted by molar-refractivity contribution is 6.06. The van der Waals surface area contributed by atoms with Crippen molar-refractivity contribution in [1.82, 2.24) is 10.2 Å². The Labute approximate surface area is 247 Å². The van der Waals surface area contributed by atoms with Crippen LogP contribution in [-0.4, -0.2) is 47.6 Å². The fourth-order valence-corrected chi connectivity index (χ4v) is 5.38. The predicted molar refractivity (Wildman–Crippen MR) is 159 cm³/mol. The van der Waals surface area contributed by atoms with Gasteiger partial charge in [0.15, 0.2) is 5.78 Å². The molecule has 1 fully saturated rings. The zero-order valence-corrected chi connectivity index (χ0v) is 24.9. The van der Waals surface area contributed by atoms with Crippen LogP contribution >= 0.6 is 0 Å². The minimum atomic E-state index is -0.694. The number of hydrogen-bond acceptors (Lipinski definition) is 8. The third-order valence-electron chi connectivity index (χ3n) is 7.74. The molecule has 1 atom stereocenters. The molecular weight excluding hydrogens is 534 g/mol. The summed E-state index contributed by atoms with van der Waals surface area (Å²) in [6.07, 6.45) is 3.63.